The maximum Gasteiger partial charge on any atom is 0.0758 e. The summed E-state index contributed by atoms with van der Waals surface area (Å²) in [4.78, 5) is 0. The fraction of sp³-hybridized carbons (Fsp3) is 0.556. The first-order valence-electron chi connectivity index (χ1n) is 3.35. The molecule has 0 saturated carbocycles. The van der Waals surface area contributed by atoms with Gasteiger partial charge < -0.3 is 5.11 Å². The predicted molar refractivity (Wildman–Crippen MR) is 42.1 cm³/mol. The minimum Gasteiger partial charge on any atom is -0.389 e. The lowest BCUT2D eigenvalue weighted by molar-refractivity contribution is 0.165. The molecule has 1 N–H and O–H groups in total. The highest BCUT2D eigenvalue weighted by Gasteiger charge is 2.07. The normalized spacial score (nSPS) is 14.7. The van der Waals surface area contributed by atoms with Crippen LogP contribution in [0.4, 0.5) is 0 Å². The lowest BCUT2D eigenvalue weighted by Crippen LogP contribution is -2.13. The van der Waals surface area contributed by atoms with Crippen LogP contribution in [-0.4, -0.2) is 11.2 Å². The molecule has 0 amide bonds. The molecule has 0 aromatic carbocycles. The third kappa shape index (κ3) is 3.32. The largest absolute Gasteiger partial charge is 0.389 e. The summed E-state index contributed by atoms with van der Waals surface area (Å²) in [5.41, 5.74) is 0. The molecule has 0 unspecified atom stereocenters. The van der Waals surface area contributed by atoms with E-state index in [-0.39, 0.29) is 5.92 Å². The Bertz CT molecular complexity index is 150. The quantitative estimate of drug-likeness (QED) is 0.583. The van der Waals surface area contributed by atoms with Gasteiger partial charge in [0.15, 0.2) is 0 Å². The molecule has 10 heavy (non-hydrogen) atoms. The molecule has 1 nitrogen and oxygen atoms in total. The fourth-order valence-corrected chi connectivity index (χ4v) is 0.573. The third-order valence-corrected chi connectivity index (χ3v) is 1.38. The van der Waals surface area contributed by atoms with Gasteiger partial charge in [-0.1, -0.05) is 19.6 Å². The first-order valence-corrected chi connectivity index (χ1v) is 3.35. The summed E-state index contributed by atoms with van der Waals surface area (Å²) in [6, 6.07) is 0. The van der Waals surface area contributed by atoms with E-state index in [0.29, 0.717) is 6.42 Å². The SMILES string of the molecule is [CH]=C[C@H](O)[C@@H](C)CC#CC. The van der Waals surface area contributed by atoms with Gasteiger partial charge in [0.2, 0.25) is 0 Å². The van der Waals surface area contributed by atoms with Crippen molar-refractivity contribution < 1.29 is 5.11 Å². The van der Waals surface area contributed by atoms with Crippen molar-refractivity contribution in [1.29, 1.82) is 0 Å². The zero-order chi connectivity index (χ0) is 7.98. The molecule has 55 valence electrons. The van der Waals surface area contributed by atoms with E-state index >= 15 is 0 Å². The summed E-state index contributed by atoms with van der Waals surface area (Å²) >= 11 is 0. The van der Waals surface area contributed by atoms with Crippen LogP contribution in [0.2, 0.25) is 0 Å². The van der Waals surface area contributed by atoms with Crippen LogP contribution in [0.5, 0.6) is 0 Å². The van der Waals surface area contributed by atoms with Crippen molar-refractivity contribution in [3.05, 3.63) is 12.7 Å². The maximum absolute atomic E-state index is 9.10. The summed E-state index contributed by atoms with van der Waals surface area (Å²) in [6.07, 6.45) is 1.47. The highest BCUT2D eigenvalue weighted by Crippen LogP contribution is 2.06. The summed E-state index contributed by atoms with van der Waals surface area (Å²) < 4.78 is 0. The van der Waals surface area contributed by atoms with E-state index in [0.717, 1.165) is 0 Å². The first kappa shape index (κ1) is 9.26. The molecule has 1 radical (unpaired) electrons. The monoisotopic (exact) mass is 137 g/mol. The van der Waals surface area contributed by atoms with Crippen LogP contribution in [0.15, 0.2) is 6.08 Å². The van der Waals surface area contributed by atoms with Gasteiger partial charge in [-0.25, -0.2) is 0 Å². The number of hydrogen-bond donors (Lipinski definition) is 1. The molecular formula is C9H13O. The molecule has 0 bridgehead atoms. The smallest absolute Gasteiger partial charge is 0.0758 e. The molecule has 0 heterocycles. The van der Waals surface area contributed by atoms with E-state index < -0.39 is 6.10 Å². The Morgan fingerprint density at radius 1 is 1.70 bits per heavy atom. The van der Waals surface area contributed by atoms with Crippen molar-refractivity contribution >= 4 is 0 Å². The van der Waals surface area contributed by atoms with Crippen LogP contribution >= 0.6 is 0 Å². The molecule has 0 aliphatic rings. The van der Waals surface area contributed by atoms with E-state index in [2.05, 4.69) is 11.8 Å². The maximum atomic E-state index is 9.10. The van der Waals surface area contributed by atoms with Crippen LogP contribution in [0.25, 0.3) is 0 Å². The molecule has 0 saturated heterocycles. The highest BCUT2D eigenvalue weighted by molar-refractivity contribution is 4.98. The van der Waals surface area contributed by atoms with Crippen molar-refractivity contribution in [2.45, 2.75) is 26.4 Å². The number of aliphatic hydroxyl groups excluding tert-OH is 1. The molecule has 2 atom stereocenters. The average molecular weight is 137 g/mol. The van der Waals surface area contributed by atoms with Crippen molar-refractivity contribution in [2.24, 2.45) is 5.92 Å². The second kappa shape index (κ2) is 5.08. The van der Waals surface area contributed by atoms with Gasteiger partial charge in [0, 0.05) is 6.42 Å². The van der Waals surface area contributed by atoms with Gasteiger partial charge in [-0.2, -0.15) is 0 Å². The summed E-state index contributed by atoms with van der Waals surface area (Å²) in [7, 11) is 0. The van der Waals surface area contributed by atoms with Crippen molar-refractivity contribution in [2.75, 3.05) is 0 Å². The molecule has 0 fully saturated rings. The van der Waals surface area contributed by atoms with E-state index in [9.17, 15) is 0 Å². The molecule has 0 aromatic rings. The fourth-order valence-electron chi connectivity index (χ4n) is 0.573. The van der Waals surface area contributed by atoms with Crippen LogP contribution in [0.3, 0.4) is 0 Å². The summed E-state index contributed by atoms with van der Waals surface area (Å²) in [5.74, 6) is 5.78. The van der Waals surface area contributed by atoms with Crippen LogP contribution in [0, 0.1) is 24.3 Å². The summed E-state index contributed by atoms with van der Waals surface area (Å²) in [5, 5.41) is 9.10. The predicted octanol–water partition coefficient (Wildman–Crippen LogP) is 1.39. The van der Waals surface area contributed by atoms with Crippen LogP contribution < -0.4 is 0 Å². The highest BCUT2D eigenvalue weighted by atomic mass is 16.3. The Labute approximate surface area is 62.8 Å². The van der Waals surface area contributed by atoms with Crippen molar-refractivity contribution in [3.8, 4) is 11.8 Å². The zero-order valence-electron chi connectivity index (χ0n) is 6.46. The first-order chi connectivity index (χ1) is 4.72. The molecule has 0 aromatic heterocycles. The van der Waals surface area contributed by atoms with Crippen molar-refractivity contribution in [1.82, 2.24) is 0 Å². The molecule has 0 spiro atoms. The lowest BCUT2D eigenvalue weighted by Gasteiger charge is -2.10. The van der Waals surface area contributed by atoms with E-state index in [1.807, 2.05) is 6.92 Å². The van der Waals surface area contributed by atoms with Gasteiger partial charge in [-0.05, 0) is 12.8 Å². The van der Waals surface area contributed by atoms with Crippen LogP contribution in [-0.2, 0) is 0 Å². The lowest BCUT2D eigenvalue weighted by atomic mass is 10.0. The van der Waals surface area contributed by atoms with Gasteiger partial charge >= 0.3 is 0 Å². The number of rotatable bonds is 3. The van der Waals surface area contributed by atoms with E-state index in [4.69, 9.17) is 11.7 Å². The van der Waals surface area contributed by atoms with Gasteiger partial charge in [-0.3, -0.25) is 0 Å². The Balaban J connectivity index is 3.67. The van der Waals surface area contributed by atoms with Gasteiger partial charge in [0.05, 0.1) is 6.10 Å². The number of hydrogen-bond acceptors (Lipinski definition) is 1. The third-order valence-electron chi connectivity index (χ3n) is 1.38. The van der Waals surface area contributed by atoms with E-state index in [1.165, 1.54) is 6.08 Å². The minimum atomic E-state index is -0.527. The summed E-state index contributed by atoms with van der Waals surface area (Å²) in [6.45, 7) is 8.82. The van der Waals surface area contributed by atoms with Gasteiger partial charge in [0.1, 0.15) is 0 Å². The number of aliphatic hydroxyl groups is 1. The van der Waals surface area contributed by atoms with Gasteiger partial charge in [0.25, 0.3) is 0 Å². The van der Waals surface area contributed by atoms with Crippen molar-refractivity contribution in [3.63, 3.8) is 0 Å². The van der Waals surface area contributed by atoms with Gasteiger partial charge in [-0.15, -0.1) is 11.8 Å². The van der Waals surface area contributed by atoms with Crippen LogP contribution in [0.1, 0.15) is 20.3 Å². The molecule has 0 aliphatic heterocycles. The second-order valence-corrected chi connectivity index (χ2v) is 2.29. The molecule has 0 aliphatic carbocycles. The molecular weight excluding hydrogens is 124 g/mol. The Morgan fingerprint density at radius 2 is 2.30 bits per heavy atom. The zero-order valence-corrected chi connectivity index (χ0v) is 6.46. The average Bonchev–Trinajstić information content (AvgIpc) is 1.98. The second-order valence-electron chi connectivity index (χ2n) is 2.29. The van der Waals surface area contributed by atoms with E-state index in [1.54, 1.807) is 6.92 Å². The minimum absolute atomic E-state index is 0.137. The topological polar surface area (TPSA) is 20.2 Å². The molecule has 0 rings (SSSR count). The Morgan fingerprint density at radius 3 is 2.70 bits per heavy atom. The molecule has 1 heteroatoms. The Hall–Kier alpha value is -0.740. The standard InChI is InChI=1S/C9H13O/c1-4-6-7-8(3)9(10)5-2/h2,5,8-10H,7H2,1,3H3/t8-,9-/m0/s1. The Kier molecular flexibility index (Phi) is 4.70.